The van der Waals surface area contributed by atoms with Gasteiger partial charge in [-0.25, -0.2) is 9.59 Å². The van der Waals surface area contributed by atoms with Gasteiger partial charge in [0, 0.05) is 23.0 Å². The molecule has 0 aliphatic carbocycles. The van der Waals surface area contributed by atoms with Crippen LogP contribution in [0.5, 0.6) is 0 Å². The van der Waals surface area contributed by atoms with Crippen LogP contribution in [-0.2, 0) is 14.4 Å². The summed E-state index contributed by atoms with van der Waals surface area (Å²) in [5, 5.41) is 29.6. The van der Waals surface area contributed by atoms with Crippen LogP contribution < -0.4 is 11.5 Å². The van der Waals surface area contributed by atoms with Gasteiger partial charge >= 0.3 is 11.9 Å². The summed E-state index contributed by atoms with van der Waals surface area (Å²) in [6, 6.07) is 9.97. The number of halogens is 1. The lowest BCUT2D eigenvalue weighted by atomic mass is 10.3. The molecule has 0 atom stereocenters. The molecule has 8 N–H and O–H groups in total. The molecular weight excluding hydrogens is 386 g/mol. The number of carboxylic acid groups (broad SMARTS) is 3. The van der Waals surface area contributed by atoms with Crippen molar-refractivity contribution in [3.05, 3.63) is 46.5 Å². The average Bonchev–Trinajstić information content (AvgIpc) is 2.38. The van der Waals surface area contributed by atoms with Crippen molar-refractivity contribution >= 4 is 39.8 Å². The monoisotopic (exact) mass is 405 g/mol. The highest BCUT2D eigenvalue weighted by Gasteiger charge is 2.00. The predicted molar refractivity (Wildman–Crippen MR) is 92.6 cm³/mol. The number of hydrogen-bond donors (Lipinski definition) is 6. The lowest BCUT2D eigenvalue weighted by Crippen LogP contribution is -2.20. The SMILES string of the molecule is Brc1ccccc1.C/C(=C/C(=O)O)C(=O)O.CC(=O)O.N=C(N)N. The summed E-state index contributed by atoms with van der Waals surface area (Å²) in [6.45, 7) is 2.30. The zero-order valence-electron chi connectivity index (χ0n) is 13.1. The van der Waals surface area contributed by atoms with E-state index in [4.69, 9.17) is 25.5 Å². The van der Waals surface area contributed by atoms with Crippen molar-refractivity contribution in [3.63, 3.8) is 0 Å². The molecule has 24 heavy (non-hydrogen) atoms. The molecule has 0 saturated carbocycles. The van der Waals surface area contributed by atoms with E-state index in [0.29, 0.717) is 6.08 Å². The van der Waals surface area contributed by atoms with Gasteiger partial charge in [-0.15, -0.1) is 0 Å². The predicted octanol–water partition coefficient (Wildman–Crippen LogP) is 1.48. The van der Waals surface area contributed by atoms with Crippen LogP contribution in [0.3, 0.4) is 0 Å². The van der Waals surface area contributed by atoms with E-state index < -0.39 is 17.9 Å². The average molecular weight is 406 g/mol. The molecule has 134 valence electrons. The normalized spacial score (nSPS) is 8.71. The highest BCUT2D eigenvalue weighted by atomic mass is 79.9. The summed E-state index contributed by atoms with van der Waals surface area (Å²) in [5.41, 5.74) is 8.77. The molecule has 10 heteroatoms. The summed E-state index contributed by atoms with van der Waals surface area (Å²) < 4.78 is 1.13. The minimum atomic E-state index is -1.24. The number of nitrogens with two attached hydrogens (primary N) is 2. The summed E-state index contributed by atoms with van der Waals surface area (Å²) in [6.07, 6.45) is 0.641. The third kappa shape index (κ3) is 36.5. The molecule has 1 rings (SSSR count). The third-order valence-electron chi connectivity index (χ3n) is 1.41. The van der Waals surface area contributed by atoms with Gasteiger partial charge < -0.3 is 26.8 Å². The minimum Gasteiger partial charge on any atom is -0.481 e. The fourth-order valence-electron chi connectivity index (χ4n) is 0.662. The van der Waals surface area contributed by atoms with Gasteiger partial charge in [0.15, 0.2) is 5.96 Å². The number of carbonyl (C=O) groups is 3. The van der Waals surface area contributed by atoms with Crippen LogP contribution in [0.15, 0.2) is 46.5 Å². The Morgan fingerprint density at radius 3 is 1.50 bits per heavy atom. The Hall–Kier alpha value is -2.88. The Morgan fingerprint density at radius 2 is 1.38 bits per heavy atom. The molecular formula is C14H20BrN3O6. The van der Waals surface area contributed by atoms with Crippen molar-refractivity contribution in [2.75, 3.05) is 0 Å². The second-order valence-corrected chi connectivity index (χ2v) is 4.66. The number of carboxylic acids is 3. The van der Waals surface area contributed by atoms with Gasteiger partial charge in [-0.3, -0.25) is 10.2 Å². The second-order valence-electron chi connectivity index (χ2n) is 3.74. The molecule has 0 bridgehead atoms. The van der Waals surface area contributed by atoms with Crippen LogP contribution in [0.1, 0.15) is 13.8 Å². The van der Waals surface area contributed by atoms with Crippen LogP contribution in [0.4, 0.5) is 0 Å². The van der Waals surface area contributed by atoms with E-state index in [0.717, 1.165) is 11.4 Å². The maximum absolute atomic E-state index is 9.90. The first-order chi connectivity index (χ1) is 10.9. The molecule has 0 heterocycles. The van der Waals surface area contributed by atoms with Crippen LogP contribution in [0.25, 0.3) is 0 Å². The summed E-state index contributed by atoms with van der Waals surface area (Å²) in [7, 11) is 0. The van der Waals surface area contributed by atoms with E-state index in [1.54, 1.807) is 0 Å². The molecule has 0 fully saturated rings. The van der Waals surface area contributed by atoms with Crippen molar-refractivity contribution in [1.82, 2.24) is 0 Å². The van der Waals surface area contributed by atoms with Gasteiger partial charge in [-0.2, -0.15) is 0 Å². The van der Waals surface area contributed by atoms with E-state index in [1.807, 2.05) is 30.3 Å². The number of rotatable bonds is 2. The summed E-state index contributed by atoms with van der Waals surface area (Å²) in [4.78, 5) is 28.7. The molecule has 0 spiro atoms. The summed E-state index contributed by atoms with van der Waals surface area (Å²) >= 11 is 3.31. The highest BCUT2D eigenvalue weighted by molar-refractivity contribution is 9.10. The van der Waals surface area contributed by atoms with Crippen LogP contribution in [0.2, 0.25) is 0 Å². The van der Waals surface area contributed by atoms with Gasteiger partial charge in [0.1, 0.15) is 0 Å². The Bertz CT molecular complexity index is 541. The molecule has 0 aromatic heterocycles. The number of guanidine groups is 1. The Balaban J connectivity index is -0.000000261. The van der Waals surface area contributed by atoms with E-state index in [9.17, 15) is 9.59 Å². The fraction of sp³-hybridized carbons (Fsp3) is 0.143. The van der Waals surface area contributed by atoms with Gasteiger partial charge in [-0.1, -0.05) is 34.1 Å². The largest absolute Gasteiger partial charge is 0.481 e. The smallest absolute Gasteiger partial charge is 0.331 e. The van der Waals surface area contributed by atoms with Crippen LogP contribution in [-0.4, -0.2) is 39.2 Å². The first kappa shape index (κ1) is 26.0. The van der Waals surface area contributed by atoms with E-state index in [1.165, 1.54) is 6.92 Å². The highest BCUT2D eigenvalue weighted by Crippen LogP contribution is 2.05. The van der Waals surface area contributed by atoms with E-state index in [2.05, 4.69) is 27.4 Å². The van der Waals surface area contributed by atoms with E-state index >= 15 is 0 Å². The lowest BCUT2D eigenvalue weighted by Gasteiger charge is -1.86. The second kappa shape index (κ2) is 16.5. The maximum atomic E-state index is 9.90. The number of benzene rings is 1. The van der Waals surface area contributed by atoms with Gasteiger partial charge in [-0.05, 0) is 19.1 Å². The standard InChI is InChI=1S/C6H5Br.C5H6O4.C2H4O2.CH5N3/c7-6-4-2-1-3-5-6;1-3(5(8)9)2-4(6)7;1-2(3)4;2-1(3)4/h1-5H;2H,1H3,(H,6,7)(H,8,9);1H3,(H,3,4);(H5,2,3,4)/b;3-2-;;. The quantitative estimate of drug-likeness (QED) is 0.242. The van der Waals surface area contributed by atoms with Crippen molar-refractivity contribution in [2.45, 2.75) is 13.8 Å². The van der Waals surface area contributed by atoms with Crippen molar-refractivity contribution in [3.8, 4) is 0 Å². The Labute approximate surface area is 147 Å². The van der Waals surface area contributed by atoms with Crippen LogP contribution in [0, 0.1) is 5.41 Å². The van der Waals surface area contributed by atoms with Gasteiger partial charge in [0.25, 0.3) is 5.97 Å². The van der Waals surface area contributed by atoms with E-state index in [-0.39, 0.29) is 11.5 Å². The Kier molecular flexibility index (Phi) is 17.9. The molecule has 0 amide bonds. The molecule has 0 aliphatic rings. The number of hydrogen-bond acceptors (Lipinski definition) is 4. The van der Waals surface area contributed by atoms with Crippen molar-refractivity contribution in [1.29, 1.82) is 5.41 Å². The topological polar surface area (TPSA) is 188 Å². The molecule has 0 radical (unpaired) electrons. The fourth-order valence-corrected chi connectivity index (χ4v) is 0.967. The molecule has 0 unspecified atom stereocenters. The van der Waals surface area contributed by atoms with Crippen molar-refractivity contribution < 1.29 is 29.7 Å². The number of nitrogens with one attached hydrogen (secondary N) is 1. The molecule has 9 nitrogen and oxygen atoms in total. The molecule has 1 aromatic rings. The Morgan fingerprint density at radius 1 is 1.04 bits per heavy atom. The first-order valence-corrected chi connectivity index (χ1v) is 6.83. The zero-order valence-corrected chi connectivity index (χ0v) is 14.6. The van der Waals surface area contributed by atoms with Gasteiger partial charge in [0.2, 0.25) is 0 Å². The zero-order chi connectivity index (χ0) is 19.7. The molecule has 0 saturated heterocycles. The summed E-state index contributed by atoms with van der Waals surface area (Å²) in [5.74, 6) is -3.62. The van der Waals surface area contributed by atoms with Gasteiger partial charge in [0.05, 0.1) is 0 Å². The molecule has 1 aromatic carbocycles. The van der Waals surface area contributed by atoms with Crippen LogP contribution >= 0.6 is 15.9 Å². The van der Waals surface area contributed by atoms with Crippen molar-refractivity contribution in [2.24, 2.45) is 11.5 Å². The third-order valence-corrected chi connectivity index (χ3v) is 1.94. The first-order valence-electron chi connectivity index (χ1n) is 6.04. The lowest BCUT2D eigenvalue weighted by molar-refractivity contribution is -0.135. The molecule has 0 aliphatic heterocycles. The maximum Gasteiger partial charge on any atom is 0.331 e. The minimum absolute atomic E-state index is 0.178. The number of aliphatic carboxylic acids is 3.